The summed E-state index contributed by atoms with van der Waals surface area (Å²) in [6.07, 6.45) is -0.253. The second-order valence-electron chi connectivity index (χ2n) is 4.83. The second-order valence-corrected chi connectivity index (χ2v) is 7.06. The summed E-state index contributed by atoms with van der Waals surface area (Å²) in [6, 6.07) is 6.79. The molecule has 0 aromatic heterocycles. The van der Waals surface area contributed by atoms with E-state index in [4.69, 9.17) is 5.11 Å². The lowest BCUT2D eigenvalue weighted by molar-refractivity contribution is 0.136. The quantitative estimate of drug-likeness (QED) is 0.899. The summed E-state index contributed by atoms with van der Waals surface area (Å²) in [7, 11) is -3.35. The highest BCUT2D eigenvalue weighted by Crippen LogP contribution is 2.24. The molecule has 6 heteroatoms. The largest absolute Gasteiger partial charge is 0.465 e. The zero-order valence-electron chi connectivity index (χ0n) is 10.7. The summed E-state index contributed by atoms with van der Waals surface area (Å²) in [4.78, 5) is 12.4. The average molecular weight is 283 g/mol. The minimum Gasteiger partial charge on any atom is -0.465 e. The molecular formula is C13H17NO4S. The molecule has 0 spiro atoms. The number of hydrogen-bond donors (Lipinski definition) is 1. The number of carboxylic acid groups (broad SMARTS) is 1. The van der Waals surface area contributed by atoms with Gasteiger partial charge in [0.15, 0.2) is 9.84 Å². The van der Waals surface area contributed by atoms with Crippen LogP contribution in [0.3, 0.4) is 0 Å². The number of benzene rings is 1. The van der Waals surface area contributed by atoms with E-state index < -0.39 is 21.2 Å². The molecule has 1 N–H and O–H groups in total. The zero-order valence-corrected chi connectivity index (χ0v) is 11.6. The highest BCUT2D eigenvalue weighted by atomic mass is 32.2. The first-order valence-corrected chi connectivity index (χ1v) is 7.74. The van der Waals surface area contributed by atoms with Crippen LogP contribution in [0.1, 0.15) is 18.4 Å². The highest BCUT2D eigenvalue weighted by Gasteiger charge is 2.32. The van der Waals surface area contributed by atoms with Crippen molar-refractivity contribution in [2.45, 2.75) is 29.9 Å². The molecular weight excluding hydrogens is 266 g/mol. The Kier molecular flexibility index (Phi) is 3.80. The molecule has 2 rings (SSSR count). The highest BCUT2D eigenvalue weighted by molar-refractivity contribution is 7.92. The summed E-state index contributed by atoms with van der Waals surface area (Å²) in [6.45, 7) is 2.47. The van der Waals surface area contributed by atoms with Gasteiger partial charge in [-0.15, -0.1) is 0 Å². The number of hydrogen-bond acceptors (Lipinski definition) is 3. The second kappa shape index (κ2) is 5.21. The number of likely N-dealkylation sites (tertiary alicyclic amines) is 1. The van der Waals surface area contributed by atoms with E-state index >= 15 is 0 Å². The van der Waals surface area contributed by atoms with Crippen LogP contribution < -0.4 is 0 Å². The van der Waals surface area contributed by atoms with Gasteiger partial charge in [0.05, 0.1) is 10.1 Å². The molecule has 1 aromatic rings. The van der Waals surface area contributed by atoms with Gasteiger partial charge in [0.25, 0.3) is 0 Å². The standard InChI is InChI=1S/C13H17NO4S/c1-10-2-4-11(5-3-10)19(17,18)12-6-8-14(9-7-12)13(15)16/h2-5,12H,6-9H2,1H3,(H,15,16). The molecule has 0 saturated carbocycles. The first-order valence-electron chi connectivity index (χ1n) is 6.19. The number of amides is 1. The van der Waals surface area contributed by atoms with Gasteiger partial charge in [0.1, 0.15) is 0 Å². The van der Waals surface area contributed by atoms with Crippen molar-refractivity contribution in [3.05, 3.63) is 29.8 Å². The smallest absolute Gasteiger partial charge is 0.407 e. The van der Waals surface area contributed by atoms with Crippen LogP contribution in [0.15, 0.2) is 29.2 Å². The molecule has 1 aliphatic rings. The van der Waals surface area contributed by atoms with Gasteiger partial charge in [-0.25, -0.2) is 13.2 Å². The molecule has 1 aliphatic heterocycles. The minimum atomic E-state index is -3.35. The van der Waals surface area contributed by atoms with Crippen molar-refractivity contribution in [3.63, 3.8) is 0 Å². The molecule has 1 aromatic carbocycles. The predicted octanol–water partition coefficient (Wildman–Crippen LogP) is 1.91. The van der Waals surface area contributed by atoms with E-state index in [0.717, 1.165) is 5.56 Å². The van der Waals surface area contributed by atoms with Crippen molar-refractivity contribution in [1.82, 2.24) is 4.90 Å². The van der Waals surface area contributed by atoms with Gasteiger partial charge in [-0.05, 0) is 31.9 Å². The molecule has 5 nitrogen and oxygen atoms in total. The summed E-state index contributed by atoms with van der Waals surface area (Å²) < 4.78 is 24.8. The van der Waals surface area contributed by atoms with E-state index in [2.05, 4.69) is 0 Å². The van der Waals surface area contributed by atoms with E-state index in [1.54, 1.807) is 24.3 Å². The van der Waals surface area contributed by atoms with Crippen LogP contribution >= 0.6 is 0 Å². The van der Waals surface area contributed by atoms with Gasteiger partial charge < -0.3 is 10.0 Å². The first kappa shape index (κ1) is 13.9. The van der Waals surface area contributed by atoms with Crippen molar-refractivity contribution >= 4 is 15.9 Å². The molecule has 104 valence electrons. The molecule has 1 saturated heterocycles. The first-order chi connectivity index (χ1) is 8.91. The fourth-order valence-electron chi connectivity index (χ4n) is 2.28. The third-order valence-electron chi connectivity index (χ3n) is 3.50. The monoisotopic (exact) mass is 283 g/mol. The van der Waals surface area contributed by atoms with E-state index in [-0.39, 0.29) is 13.1 Å². The van der Waals surface area contributed by atoms with E-state index in [1.165, 1.54) is 4.90 Å². The van der Waals surface area contributed by atoms with E-state index in [0.29, 0.717) is 17.7 Å². The maximum absolute atomic E-state index is 12.4. The van der Waals surface area contributed by atoms with Crippen LogP contribution in [-0.2, 0) is 9.84 Å². The fraction of sp³-hybridized carbons (Fsp3) is 0.462. The van der Waals surface area contributed by atoms with Gasteiger partial charge in [-0.3, -0.25) is 0 Å². The molecule has 0 radical (unpaired) electrons. The van der Waals surface area contributed by atoms with Crippen molar-refractivity contribution in [3.8, 4) is 0 Å². The van der Waals surface area contributed by atoms with Crippen LogP contribution in [0.2, 0.25) is 0 Å². The van der Waals surface area contributed by atoms with Crippen molar-refractivity contribution < 1.29 is 18.3 Å². The number of nitrogens with zero attached hydrogens (tertiary/aromatic N) is 1. The van der Waals surface area contributed by atoms with E-state index in [9.17, 15) is 13.2 Å². The number of rotatable bonds is 2. The summed E-state index contributed by atoms with van der Waals surface area (Å²) >= 11 is 0. The topological polar surface area (TPSA) is 74.7 Å². The number of sulfone groups is 1. The van der Waals surface area contributed by atoms with Crippen molar-refractivity contribution in [1.29, 1.82) is 0 Å². The van der Waals surface area contributed by atoms with Crippen LogP contribution in [0.5, 0.6) is 0 Å². The number of aryl methyl sites for hydroxylation is 1. The summed E-state index contributed by atoms with van der Waals surface area (Å²) in [5.41, 5.74) is 1.01. The molecule has 19 heavy (non-hydrogen) atoms. The van der Waals surface area contributed by atoms with Gasteiger partial charge >= 0.3 is 6.09 Å². The average Bonchev–Trinajstić information content (AvgIpc) is 2.39. The van der Waals surface area contributed by atoms with Crippen LogP contribution in [0.4, 0.5) is 4.79 Å². The third-order valence-corrected chi connectivity index (χ3v) is 5.78. The fourth-order valence-corrected chi connectivity index (χ4v) is 4.01. The van der Waals surface area contributed by atoms with Crippen LogP contribution in [0.25, 0.3) is 0 Å². The Bertz CT molecular complexity index is 557. The third kappa shape index (κ3) is 2.89. The Hall–Kier alpha value is -1.56. The normalized spacial score (nSPS) is 17.4. The van der Waals surface area contributed by atoms with Crippen molar-refractivity contribution in [2.75, 3.05) is 13.1 Å². The van der Waals surface area contributed by atoms with Crippen LogP contribution in [0, 0.1) is 6.92 Å². The van der Waals surface area contributed by atoms with Gasteiger partial charge in [-0.1, -0.05) is 17.7 Å². The van der Waals surface area contributed by atoms with Crippen molar-refractivity contribution in [2.24, 2.45) is 0 Å². The molecule has 0 bridgehead atoms. The lowest BCUT2D eigenvalue weighted by Crippen LogP contribution is -2.41. The molecule has 1 fully saturated rings. The van der Waals surface area contributed by atoms with E-state index in [1.807, 2.05) is 6.92 Å². The Labute approximate surface area is 112 Å². The summed E-state index contributed by atoms with van der Waals surface area (Å²) in [5, 5.41) is 8.37. The molecule has 0 unspecified atom stereocenters. The molecule has 1 heterocycles. The SMILES string of the molecule is Cc1ccc(S(=O)(=O)C2CCN(C(=O)O)CC2)cc1. The number of carbonyl (C=O) groups is 1. The van der Waals surface area contributed by atoms with Gasteiger partial charge in [0, 0.05) is 13.1 Å². The zero-order chi connectivity index (χ0) is 14.0. The Morgan fingerprint density at radius 2 is 1.74 bits per heavy atom. The molecule has 0 aliphatic carbocycles. The Balaban J connectivity index is 2.14. The lowest BCUT2D eigenvalue weighted by Gasteiger charge is -2.29. The predicted molar refractivity (Wildman–Crippen MR) is 71.0 cm³/mol. The number of piperidine rings is 1. The maximum Gasteiger partial charge on any atom is 0.407 e. The molecule has 1 amide bonds. The Morgan fingerprint density at radius 1 is 1.21 bits per heavy atom. The minimum absolute atomic E-state index is 0.283. The van der Waals surface area contributed by atoms with Crippen LogP contribution in [-0.4, -0.2) is 42.9 Å². The Morgan fingerprint density at radius 3 is 2.21 bits per heavy atom. The summed E-state index contributed by atoms with van der Waals surface area (Å²) in [5.74, 6) is 0. The molecule has 0 atom stereocenters. The van der Waals surface area contributed by atoms with Gasteiger partial charge in [0.2, 0.25) is 0 Å². The lowest BCUT2D eigenvalue weighted by atomic mass is 10.1. The van der Waals surface area contributed by atoms with Gasteiger partial charge in [-0.2, -0.15) is 0 Å². The maximum atomic E-state index is 12.4.